The van der Waals surface area contributed by atoms with Crippen LogP contribution in [0.25, 0.3) is 0 Å². The van der Waals surface area contributed by atoms with Gasteiger partial charge in [0, 0.05) is 18.5 Å². The molecule has 0 radical (unpaired) electrons. The molecule has 0 amide bonds. The van der Waals surface area contributed by atoms with Gasteiger partial charge in [0.25, 0.3) is 0 Å². The van der Waals surface area contributed by atoms with E-state index in [1.807, 2.05) is 18.2 Å². The van der Waals surface area contributed by atoms with Gasteiger partial charge in [-0.25, -0.2) is 0 Å². The molecule has 0 aliphatic heterocycles. The molecule has 0 spiro atoms. The molecule has 0 aliphatic carbocycles. The second kappa shape index (κ2) is 7.12. The number of para-hydroxylation sites is 1. The van der Waals surface area contributed by atoms with Crippen LogP contribution in [-0.2, 0) is 6.54 Å². The molecular weight excluding hydrogens is 294 g/mol. The van der Waals surface area contributed by atoms with Crippen LogP contribution in [0.3, 0.4) is 0 Å². The standard InChI is InChI=1S/C14H22BrNO2/c1-4-16-10-11-6-5-7-12(15)13(11)18-9-8-14(2,3)17/h5-7,16-17H,4,8-10H2,1-3H3. The van der Waals surface area contributed by atoms with Gasteiger partial charge in [-0.2, -0.15) is 0 Å². The van der Waals surface area contributed by atoms with E-state index in [0.717, 1.165) is 28.9 Å². The van der Waals surface area contributed by atoms with Crippen LogP contribution < -0.4 is 10.1 Å². The summed E-state index contributed by atoms with van der Waals surface area (Å²) in [5.41, 5.74) is 0.435. The molecule has 102 valence electrons. The van der Waals surface area contributed by atoms with E-state index in [0.29, 0.717) is 13.0 Å². The molecule has 0 atom stereocenters. The Morgan fingerprint density at radius 3 is 2.72 bits per heavy atom. The van der Waals surface area contributed by atoms with Crippen LogP contribution in [0.1, 0.15) is 32.8 Å². The molecule has 3 nitrogen and oxygen atoms in total. The number of benzene rings is 1. The quantitative estimate of drug-likeness (QED) is 0.812. The predicted molar refractivity (Wildman–Crippen MR) is 77.9 cm³/mol. The molecule has 1 aromatic carbocycles. The van der Waals surface area contributed by atoms with Gasteiger partial charge >= 0.3 is 0 Å². The Kier molecular flexibility index (Phi) is 6.12. The second-order valence-corrected chi connectivity index (χ2v) is 5.77. The van der Waals surface area contributed by atoms with Gasteiger partial charge in [0.15, 0.2) is 0 Å². The molecule has 18 heavy (non-hydrogen) atoms. The zero-order chi connectivity index (χ0) is 13.6. The van der Waals surface area contributed by atoms with Gasteiger partial charge in [-0.05, 0) is 42.4 Å². The summed E-state index contributed by atoms with van der Waals surface area (Å²) >= 11 is 3.50. The average Bonchev–Trinajstić information content (AvgIpc) is 2.27. The van der Waals surface area contributed by atoms with Crippen molar-refractivity contribution >= 4 is 15.9 Å². The first-order valence-electron chi connectivity index (χ1n) is 6.27. The second-order valence-electron chi connectivity index (χ2n) is 4.92. The summed E-state index contributed by atoms with van der Waals surface area (Å²) in [6.07, 6.45) is 0.606. The highest BCUT2D eigenvalue weighted by Gasteiger charge is 2.14. The lowest BCUT2D eigenvalue weighted by Crippen LogP contribution is -2.22. The summed E-state index contributed by atoms with van der Waals surface area (Å²) in [6.45, 7) is 7.87. The van der Waals surface area contributed by atoms with Gasteiger partial charge in [-0.1, -0.05) is 19.1 Å². The first-order chi connectivity index (χ1) is 8.44. The van der Waals surface area contributed by atoms with Crippen molar-refractivity contribution in [3.05, 3.63) is 28.2 Å². The SMILES string of the molecule is CCNCc1cccc(Br)c1OCCC(C)(C)O. The molecule has 0 heterocycles. The van der Waals surface area contributed by atoms with E-state index in [-0.39, 0.29) is 0 Å². The number of rotatable bonds is 7. The fraction of sp³-hybridized carbons (Fsp3) is 0.571. The number of halogens is 1. The van der Waals surface area contributed by atoms with Crippen molar-refractivity contribution in [3.63, 3.8) is 0 Å². The van der Waals surface area contributed by atoms with Crippen molar-refractivity contribution in [3.8, 4) is 5.75 Å². The molecule has 0 bridgehead atoms. The summed E-state index contributed by atoms with van der Waals surface area (Å²) in [4.78, 5) is 0. The Balaban J connectivity index is 2.67. The molecule has 0 aromatic heterocycles. The minimum atomic E-state index is -0.691. The molecule has 1 rings (SSSR count). The normalized spacial score (nSPS) is 11.6. The lowest BCUT2D eigenvalue weighted by Gasteiger charge is -2.19. The van der Waals surface area contributed by atoms with Crippen LogP contribution in [0.15, 0.2) is 22.7 Å². The lowest BCUT2D eigenvalue weighted by molar-refractivity contribution is 0.0551. The van der Waals surface area contributed by atoms with Gasteiger partial charge in [0.1, 0.15) is 5.75 Å². The molecule has 0 aliphatic rings. The summed E-state index contributed by atoms with van der Waals surface area (Å²) in [7, 11) is 0. The Hall–Kier alpha value is -0.580. The van der Waals surface area contributed by atoms with E-state index < -0.39 is 5.60 Å². The summed E-state index contributed by atoms with van der Waals surface area (Å²) < 4.78 is 6.75. The number of aliphatic hydroxyl groups is 1. The summed E-state index contributed by atoms with van der Waals surface area (Å²) in [6, 6.07) is 6.02. The Morgan fingerprint density at radius 1 is 1.39 bits per heavy atom. The molecule has 0 fully saturated rings. The fourth-order valence-electron chi connectivity index (χ4n) is 1.52. The van der Waals surface area contributed by atoms with Crippen molar-refractivity contribution in [2.45, 2.75) is 39.3 Å². The van der Waals surface area contributed by atoms with Gasteiger partial charge in [0.05, 0.1) is 16.7 Å². The molecule has 4 heteroatoms. The first-order valence-corrected chi connectivity index (χ1v) is 7.06. The molecule has 2 N–H and O–H groups in total. The molecule has 0 saturated heterocycles. The average molecular weight is 316 g/mol. The van der Waals surface area contributed by atoms with Crippen molar-refractivity contribution in [1.29, 1.82) is 0 Å². The fourth-order valence-corrected chi connectivity index (χ4v) is 2.04. The van der Waals surface area contributed by atoms with Crippen LogP contribution in [0.5, 0.6) is 5.75 Å². The van der Waals surface area contributed by atoms with Crippen molar-refractivity contribution in [1.82, 2.24) is 5.32 Å². The topological polar surface area (TPSA) is 41.5 Å². The lowest BCUT2D eigenvalue weighted by atomic mass is 10.1. The Bertz CT molecular complexity index is 375. The number of nitrogens with one attached hydrogen (secondary N) is 1. The monoisotopic (exact) mass is 315 g/mol. The third-order valence-electron chi connectivity index (χ3n) is 2.57. The highest BCUT2D eigenvalue weighted by molar-refractivity contribution is 9.10. The Labute approximate surface area is 118 Å². The van der Waals surface area contributed by atoms with E-state index >= 15 is 0 Å². The smallest absolute Gasteiger partial charge is 0.137 e. The van der Waals surface area contributed by atoms with E-state index in [1.165, 1.54) is 0 Å². The van der Waals surface area contributed by atoms with Crippen molar-refractivity contribution in [2.75, 3.05) is 13.2 Å². The van der Waals surface area contributed by atoms with Crippen LogP contribution in [0.2, 0.25) is 0 Å². The first kappa shape index (κ1) is 15.5. The maximum Gasteiger partial charge on any atom is 0.137 e. The van der Waals surface area contributed by atoms with Crippen LogP contribution >= 0.6 is 15.9 Å². The van der Waals surface area contributed by atoms with Crippen molar-refractivity contribution in [2.24, 2.45) is 0 Å². The minimum absolute atomic E-state index is 0.505. The zero-order valence-electron chi connectivity index (χ0n) is 11.3. The van der Waals surface area contributed by atoms with Gasteiger partial charge in [-0.3, -0.25) is 0 Å². The summed E-state index contributed by atoms with van der Waals surface area (Å²) in [5, 5.41) is 13.0. The van der Waals surface area contributed by atoms with Gasteiger partial charge < -0.3 is 15.2 Å². The third kappa shape index (κ3) is 5.38. The number of ether oxygens (including phenoxy) is 1. The third-order valence-corrected chi connectivity index (χ3v) is 3.20. The van der Waals surface area contributed by atoms with E-state index in [4.69, 9.17) is 4.74 Å². The van der Waals surface area contributed by atoms with E-state index in [2.05, 4.69) is 28.2 Å². The highest BCUT2D eigenvalue weighted by Crippen LogP contribution is 2.29. The molecular formula is C14H22BrNO2. The van der Waals surface area contributed by atoms with E-state index in [1.54, 1.807) is 13.8 Å². The summed E-state index contributed by atoms with van der Waals surface area (Å²) in [5.74, 6) is 0.864. The van der Waals surface area contributed by atoms with Crippen molar-refractivity contribution < 1.29 is 9.84 Å². The largest absolute Gasteiger partial charge is 0.492 e. The van der Waals surface area contributed by atoms with E-state index in [9.17, 15) is 5.11 Å². The van der Waals surface area contributed by atoms with Crippen LogP contribution in [0.4, 0.5) is 0 Å². The van der Waals surface area contributed by atoms with Crippen LogP contribution in [-0.4, -0.2) is 23.9 Å². The maximum atomic E-state index is 9.67. The predicted octanol–water partition coefficient (Wildman–Crippen LogP) is 3.10. The Morgan fingerprint density at radius 2 is 2.11 bits per heavy atom. The van der Waals surface area contributed by atoms with Crippen LogP contribution in [0, 0.1) is 0 Å². The molecule has 0 unspecified atom stereocenters. The minimum Gasteiger partial charge on any atom is -0.492 e. The molecule has 1 aromatic rings. The number of hydrogen-bond acceptors (Lipinski definition) is 3. The number of hydrogen-bond donors (Lipinski definition) is 2. The van der Waals surface area contributed by atoms with Gasteiger partial charge in [0.2, 0.25) is 0 Å². The van der Waals surface area contributed by atoms with Gasteiger partial charge in [-0.15, -0.1) is 0 Å². The highest BCUT2D eigenvalue weighted by atomic mass is 79.9. The molecule has 0 saturated carbocycles. The zero-order valence-corrected chi connectivity index (χ0v) is 12.9. The maximum absolute atomic E-state index is 9.67.